The lowest BCUT2D eigenvalue weighted by Crippen LogP contribution is -2.60. The minimum Gasteiger partial charge on any atom is -0.473 e. The molecule has 2 aliphatic heterocycles. The Kier molecular flexibility index (Phi) is 4.15. The van der Waals surface area contributed by atoms with Crippen LogP contribution in [0.15, 0.2) is 36.5 Å². The lowest BCUT2D eigenvalue weighted by atomic mass is 9.92. The highest BCUT2D eigenvalue weighted by Crippen LogP contribution is 2.46. The molecule has 4 heterocycles. The molecule has 2 aliphatic rings. The third-order valence-corrected chi connectivity index (χ3v) is 6.25. The molecular weight excluding hydrogens is 334 g/mol. The zero-order chi connectivity index (χ0) is 17.4. The van der Waals surface area contributed by atoms with Gasteiger partial charge in [0, 0.05) is 54.5 Å². The summed E-state index contributed by atoms with van der Waals surface area (Å²) in [5.41, 5.74) is 2.51. The molecule has 2 saturated heterocycles. The van der Waals surface area contributed by atoms with E-state index in [0.29, 0.717) is 5.88 Å². The Morgan fingerprint density at radius 2 is 2.04 bits per heavy atom. The van der Waals surface area contributed by atoms with Crippen molar-refractivity contribution >= 4 is 17.7 Å². The fourth-order valence-corrected chi connectivity index (χ4v) is 5.14. The van der Waals surface area contributed by atoms with E-state index in [0.717, 1.165) is 42.2 Å². The Morgan fingerprint density at radius 3 is 2.72 bits per heavy atom. The lowest BCUT2D eigenvalue weighted by Gasteiger charge is -2.47. The van der Waals surface area contributed by atoms with Crippen LogP contribution in [0, 0.1) is 13.8 Å². The van der Waals surface area contributed by atoms with E-state index < -0.39 is 0 Å². The summed E-state index contributed by atoms with van der Waals surface area (Å²) in [6.07, 6.45) is 2.88. The fraction of sp³-hybridized carbons (Fsp3) is 0.421. The molecule has 0 unspecified atom stereocenters. The van der Waals surface area contributed by atoms with E-state index >= 15 is 0 Å². The van der Waals surface area contributed by atoms with Crippen LogP contribution in [0.4, 0.5) is 0 Å². The first-order valence-electron chi connectivity index (χ1n) is 8.49. The van der Waals surface area contributed by atoms with Gasteiger partial charge in [0.1, 0.15) is 6.10 Å². The number of nitrogens with zero attached hydrogens (tertiary/aromatic N) is 3. The summed E-state index contributed by atoms with van der Waals surface area (Å²) >= 11 is 1.92. The molecule has 2 aromatic rings. The van der Waals surface area contributed by atoms with Crippen molar-refractivity contribution in [3.8, 4) is 5.88 Å². The van der Waals surface area contributed by atoms with Crippen LogP contribution >= 0.6 is 11.8 Å². The number of thioether (sulfide) groups is 1. The van der Waals surface area contributed by atoms with Gasteiger partial charge < -0.3 is 9.64 Å². The maximum Gasteiger partial charge on any atom is 0.254 e. The summed E-state index contributed by atoms with van der Waals surface area (Å²) in [4.78, 5) is 23.2. The molecular formula is C19H21N3O2S. The van der Waals surface area contributed by atoms with Gasteiger partial charge >= 0.3 is 0 Å². The lowest BCUT2D eigenvalue weighted by molar-refractivity contribution is 0.0515. The molecule has 0 aromatic carbocycles. The van der Waals surface area contributed by atoms with Gasteiger partial charge in [-0.15, -0.1) is 11.8 Å². The highest BCUT2D eigenvalue weighted by Gasteiger charge is 2.51. The standard InChI is InChI=1S/C19H21N3O2S/c1-13-7-15(8-14(2)21-13)18(23)22-11-19(12-22)9-16(10-25-19)24-17-5-3-4-6-20-17/h3-8,16H,9-12H2,1-2H3/t16-/m0/s1. The van der Waals surface area contributed by atoms with Gasteiger partial charge in [0.2, 0.25) is 5.88 Å². The molecule has 0 saturated carbocycles. The van der Waals surface area contributed by atoms with Crippen LogP contribution in [0.25, 0.3) is 0 Å². The Labute approximate surface area is 151 Å². The molecule has 0 bridgehead atoms. The number of carbonyl (C=O) groups is 1. The van der Waals surface area contributed by atoms with E-state index in [1.165, 1.54) is 0 Å². The van der Waals surface area contributed by atoms with Gasteiger partial charge in [0.15, 0.2) is 0 Å². The molecule has 6 heteroatoms. The number of amides is 1. The number of hydrogen-bond acceptors (Lipinski definition) is 5. The monoisotopic (exact) mass is 355 g/mol. The van der Waals surface area contributed by atoms with Gasteiger partial charge in [-0.3, -0.25) is 9.78 Å². The van der Waals surface area contributed by atoms with Crippen molar-refractivity contribution in [3.63, 3.8) is 0 Å². The Bertz CT molecular complexity index is 770. The van der Waals surface area contributed by atoms with Gasteiger partial charge in [-0.2, -0.15) is 0 Å². The highest BCUT2D eigenvalue weighted by atomic mass is 32.2. The van der Waals surface area contributed by atoms with Crippen LogP contribution in [0.2, 0.25) is 0 Å². The number of likely N-dealkylation sites (tertiary alicyclic amines) is 1. The Balaban J connectivity index is 1.36. The average molecular weight is 355 g/mol. The van der Waals surface area contributed by atoms with E-state index in [-0.39, 0.29) is 16.8 Å². The first-order valence-corrected chi connectivity index (χ1v) is 9.48. The second kappa shape index (κ2) is 6.33. The van der Waals surface area contributed by atoms with Crippen molar-refractivity contribution in [1.29, 1.82) is 0 Å². The van der Waals surface area contributed by atoms with Gasteiger partial charge in [0.25, 0.3) is 5.91 Å². The van der Waals surface area contributed by atoms with Crippen LogP contribution in [-0.4, -0.2) is 50.5 Å². The first kappa shape index (κ1) is 16.4. The second-order valence-electron chi connectivity index (χ2n) is 6.91. The molecule has 2 fully saturated rings. The molecule has 1 atom stereocenters. The predicted octanol–water partition coefficient (Wildman–Crippen LogP) is 2.87. The number of carbonyl (C=O) groups excluding carboxylic acids is 1. The Morgan fingerprint density at radius 1 is 1.28 bits per heavy atom. The van der Waals surface area contributed by atoms with Crippen LogP contribution in [-0.2, 0) is 0 Å². The summed E-state index contributed by atoms with van der Waals surface area (Å²) in [5.74, 6) is 1.74. The molecule has 0 N–H and O–H groups in total. The van der Waals surface area contributed by atoms with Gasteiger partial charge in [-0.25, -0.2) is 4.98 Å². The van der Waals surface area contributed by atoms with E-state index in [1.54, 1.807) is 6.20 Å². The molecule has 0 aliphatic carbocycles. The summed E-state index contributed by atoms with van der Waals surface area (Å²) in [7, 11) is 0. The molecule has 1 spiro atoms. The normalized spacial score (nSPS) is 21.2. The van der Waals surface area contributed by atoms with Gasteiger partial charge in [-0.05, 0) is 32.0 Å². The zero-order valence-corrected chi connectivity index (χ0v) is 15.3. The summed E-state index contributed by atoms with van der Waals surface area (Å²) < 4.78 is 6.12. The second-order valence-corrected chi connectivity index (χ2v) is 8.39. The number of ether oxygens (including phenoxy) is 1. The van der Waals surface area contributed by atoms with Crippen molar-refractivity contribution < 1.29 is 9.53 Å². The molecule has 25 heavy (non-hydrogen) atoms. The number of aromatic nitrogens is 2. The largest absolute Gasteiger partial charge is 0.473 e. The SMILES string of the molecule is Cc1cc(C(=O)N2CC3(C[C@H](Oc4ccccn4)CS3)C2)cc(C)n1. The predicted molar refractivity (Wildman–Crippen MR) is 98.1 cm³/mol. The summed E-state index contributed by atoms with van der Waals surface area (Å²) in [6, 6.07) is 9.45. The number of rotatable bonds is 3. The molecule has 5 nitrogen and oxygen atoms in total. The van der Waals surface area contributed by atoms with Crippen molar-refractivity contribution in [2.45, 2.75) is 31.1 Å². The summed E-state index contributed by atoms with van der Waals surface area (Å²) in [6.45, 7) is 5.43. The van der Waals surface area contributed by atoms with Crippen LogP contribution in [0.5, 0.6) is 5.88 Å². The molecule has 1 amide bonds. The topological polar surface area (TPSA) is 55.3 Å². The third kappa shape index (κ3) is 3.35. The Hall–Kier alpha value is -2.08. The maximum atomic E-state index is 12.7. The third-order valence-electron chi connectivity index (χ3n) is 4.67. The van der Waals surface area contributed by atoms with E-state index in [4.69, 9.17) is 4.74 Å². The van der Waals surface area contributed by atoms with Crippen molar-refractivity contribution in [1.82, 2.24) is 14.9 Å². The molecule has 130 valence electrons. The average Bonchev–Trinajstić information content (AvgIpc) is 2.97. The molecule has 4 rings (SSSR count). The molecule has 0 radical (unpaired) electrons. The van der Waals surface area contributed by atoms with Crippen molar-refractivity contribution in [2.24, 2.45) is 0 Å². The zero-order valence-electron chi connectivity index (χ0n) is 14.4. The minimum atomic E-state index is 0.105. The van der Waals surface area contributed by atoms with Crippen molar-refractivity contribution in [2.75, 3.05) is 18.8 Å². The van der Waals surface area contributed by atoms with Gasteiger partial charge in [-0.1, -0.05) is 6.07 Å². The number of hydrogen-bond donors (Lipinski definition) is 0. The quantitative estimate of drug-likeness (QED) is 0.847. The first-order chi connectivity index (χ1) is 12.0. The van der Waals surface area contributed by atoms with Crippen LogP contribution in [0.3, 0.4) is 0 Å². The van der Waals surface area contributed by atoms with Crippen LogP contribution in [0.1, 0.15) is 28.2 Å². The van der Waals surface area contributed by atoms with E-state index in [9.17, 15) is 4.79 Å². The minimum absolute atomic E-state index is 0.105. The maximum absolute atomic E-state index is 12.7. The molecule has 2 aromatic heterocycles. The van der Waals surface area contributed by atoms with E-state index in [2.05, 4.69) is 9.97 Å². The van der Waals surface area contributed by atoms with Crippen molar-refractivity contribution in [3.05, 3.63) is 53.5 Å². The summed E-state index contributed by atoms with van der Waals surface area (Å²) in [5, 5.41) is 0. The van der Waals surface area contributed by atoms with Gasteiger partial charge in [0.05, 0.1) is 4.75 Å². The van der Waals surface area contributed by atoms with E-state index in [1.807, 2.05) is 60.8 Å². The highest BCUT2D eigenvalue weighted by molar-refractivity contribution is 8.01. The smallest absolute Gasteiger partial charge is 0.254 e. The number of aryl methyl sites for hydroxylation is 2. The fourth-order valence-electron chi connectivity index (χ4n) is 3.62. The number of pyridine rings is 2. The van der Waals surface area contributed by atoms with Crippen LogP contribution < -0.4 is 4.74 Å².